The molecule has 0 amide bonds. The van der Waals surface area contributed by atoms with Gasteiger partial charge in [0.05, 0.1) is 35.6 Å². The SMILES string of the molecule is CCc1c2c(nc3ccc(OC(=O)OC(C)(C)C)cc13)-c1cc3c(c(=O)n1C2)COC(=O)[C@@]3(CC)OC(=O)OCCSSCCO. The number of rotatable bonds is 10. The van der Waals surface area contributed by atoms with Gasteiger partial charge in [-0.1, -0.05) is 35.4 Å². The molecule has 14 heteroatoms. The molecule has 0 radical (unpaired) electrons. The second kappa shape index (κ2) is 13.5. The van der Waals surface area contributed by atoms with Gasteiger partial charge in [0.25, 0.3) is 5.56 Å². The maximum Gasteiger partial charge on any atom is 0.514 e. The number of carbonyl (C=O) groups is 3. The molecule has 3 aromatic rings. The molecule has 246 valence electrons. The molecule has 0 unspecified atom stereocenters. The van der Waals surface area contributed by atoms with E-state index in [1.807, 2.05) is 6.92 Å². The van der Waals surface area contributed by atoms with E-state index >= 15 is 0 Å². The summed E-state index contributed by atoms with van der Waals surface area (Å²) in [7, 11) is 2.87. The van der Waals surface area contributed by atoms with Gasteiger partial charge in [-0.15, -0.1) is 0 Å². The van der Waals surface area contributed by atoms with Crippen LogP contribution in [-0.2, 0) is 48.9 Å². The number of fused-ring (bicyclic) bond motifs is 5. The Labute approximate surface area is 273 Å². The number of aliphatic hydroxyl groups is 1. The van der Waals surface area contributed by atoms with Crippen molar-refractivity contribution >= 4 is 50.8 Å². The molecule has 0 bridgehead atoms. The number of carbonyl (C=O) groups excluding carboxylic acids is 3. The predicted octanol–water partition coefficient (Wildman–Crippen LogP) is 5.49. The number of aryl methyl sites for hydroxylation is 1. The van der Waals surface area contributed by atoms with Crippen LogP contribution in [0.1, 0.15) is 63.3 Å². The number of ether oxygens (including phenoxy) is 5. The fourth-order valence-electron chi connectivity index (χ4n) is 5.62. The number of aromatic nitrogens is 2. The maximum atomic E-state index is 13.9. The van der Waals surface area contributed by atoms with Gasteiger partial charge in [0.1, 0.15) is 24.6 Å². The third kappa shape index (κ3) is 6.56. The van der Waals surface area contributed by atoms with Gasteiger partial charge in [0.2, 0.25) is 5.60 Å². The molecule has 1 aromatic carbocycles. The molecular formula is C32H36N2O10S2. The first kappa shape index (κ1) is 33.6. The van der Waals surface area contributed by atoms with Crippen molar-refractivity contribution in [2.45, 2.75) is 71.8 Å². The minimum atomic E-state index is -1.88. The first-order chi connectivity index (χ1) is 21.9. The lowest BCUT2D eigenvalue weighted by molar-refractivity contribution is -0.175. The van der Waals surface area contributed by atoms with E-state index in [2.05, 4.69) is 0 Å². The molecule has 5 rings (SSSR count). The number of aliphatic hydroxyl groups excluding tert-OH is 1. The maximum absolute atomic E-state index is 13.9. The molecule has 1 atom stereocenters. The van der Waals surface area contributed by atoms with E-state index in [0.717, 1.165) is 16.5 Å². The molecule has 46 heavy (non-hydrogen) atoms. The van der Waals surface area contributed by atoms with E-state index in [1.54, 1.807) is 56.5 Å². The average Bonchev–Trinajstić information content (AvgIpc) is 3.36. The second-order valence-corrected chi connectivity index (χ2v) is 14.4. The monoisotopic (exact) mass is 672 g/mol. The Morgan fingerprint density at radius 1 is 1.09 bits per heavy atom. The minimum absolute atomic E-state index is 0.0105. The average molecular weight is 673 g/mol. The summed E-state index contributed by atoms with van der Waals surface area (Å²) in [4.78, 5) is 57.2. The lowest BCUT2D eigenvalue weighted by Crippen LogP contribution is -2.47. The zero-order valence-electron chi connectivity index (χ0n) is 26.3. The van der Waals surface area contributed by atoms with E-state index in [4.69, 9.17) is 33.8 Å². The van der Waals surface area contributed by atoms with Gasteiger partial charge < -0.3 is 33.4 Å². The third-order valence-corrected chi connectivity index (χ3v) is 9.94. The van der Waals surface area contributed by atoms with Crippen LogP contribution in [0.3, 0.4) is 0 Å². The summed E-state index contributed by atoms with van der Waals surface area (Å²) >= 11 is 0. The Morgan fingerprint density at radius 2 is 1.85 bits per heavy atom. The summed E-state index contributed by atoms with van der Waals surface area (Å²) in [5.41, 5.74) is 0.971. The van der Waals surface area contributed by atoms with E-state index in [1.165, 1.54) is 21.6 Å². The largest absolute Gasteiger partial charge is 0.514 e. The van der Waals surface area contributed by atoms with Crippen molar-refractivity contribution in [3.63, 3.8) is 0 Å². The first-order valence-electron chi connectivity index (χ1n) is 14.9. The highest BCUT2D eigenvalue weighted by Crippen LogP contribution is 2.42. The Morgan fingerprint density at radius 3 is 2.54 bits per heavy atom. The lowest BCUT2D eigenvalue weighted by Gasteiger charge is -2.35. The molecule has 2 aromatic heterocycles. The van der Waals surface area contributed by atoms with E-state index < -0.39 is 29.5 Å². The normalized spacial score (nSPS) is 16.7. The van der Waals surface area contributed by atoms with Gasteiger partial charge in [-0.25, -0.2) is 19.4 Å². The van der Waals surface area contributed by atoms with Crippen molar-refractivity contribution in [1.29, 1.82) is 0 Å². The molecule has 0 fully saturated rings. The van der Waals surface area contributed by atoms with Crippen LogP contribution in [0, 0.1) is 0 Å². The molecule has 0 spiro atoms. The predicted molar refractivity (Wildman–Crippen MR) is 173 cm³/mol. The standard InChI is InChI=1S/C32H36N2O10S2/c1-6-19-20-14-18(42-30(39)43-31(3,4)5)8-9-24(20)33-26-21(19)16-34-25(26)15-23-22(27(34)36)17-41-28(37)32(23,7-2)44-29(38)40-11-13-46-45-12-10-35/h8-9,14-15,35H,6-7,10-13,16-17H2,1-5H3/t32-/m0/s1. The molecule has 2 aliphatic heterocycles. The molecule has 0 aliphatic carbocycles. The zero-order chi connectivity index (χ0) is 33.2. The van der Waals surface area contributed by atoms with E-state index in [9.17, 15) is 19.2 Å². The quantitative estimate of drug-likeness (QED) is 0.0744. The van der Waals surface area contributed by atoms with Crippen molar-refractivity contribution < 1.29 is 43.2 Å². The Balaban J connectivity index is 1.50. The minimum Gasteiger partial charge on any atom is -0.457 e. The zero-order valence-corrected chi connectivity index (χ0v) is 27.9. The van der Waals surface area contributed by atoms with Crippen LogP contribution < -0.4 is 10.3 Å². The van der Waals surface area contributed by atoms with Gasteiger partial charge in [-0.2, -0.15) is 0 Å². The van der Waals surface area contributed by atoms with Crippen LogP contribution >= 0.6 is 21.6 Å². The van der Waals surface area contributed by atoms with Crippen LogP contribution in [0.25, 0.3) is 22.3 Å². The van der Waals surface area contributed by atoms with Gasteiger partial charge in [-0.05, 0) is 63.4 Å². The summed E-state index contributed by atoms with van der Waals surface area (Å²) in [5.74, 6) is 0.525. The van der Waals surface area contributed by atoms with Crippen LogP contribution in [-0.4, -0.2) is 63.3 Å². The molecule has 4 heterocycles. The van der Waals surface area contributed by atoms with E-state index in [0.29, 0.717) is 40.6 Å². The van der Waals surface area contributed by atoms with Crippen molar-refractivity contribution in [3.8, 4) is 17.1 Å². The first-order valence-corrected chi connectivity index (χ1v) is 17.4. The van der Waals surface area contributed by atoms with Gasteiger partial charge >= 0.3 is 18.3 Å². The number of cyclic esters (lactones) is 1. The van der Waals surface area contributed by atoms with Crippen LogP contribution in [0.2, 0.25) is 0 Å². The fraction of sp³-hybridized carbons (Fsp3) is 0.469. The number of nitrogens with zero attached hydrogens (tertiary/aromatic N) is 2. The van der Waals surface area contributed by atoms with Gasteiger partial charge in [0, 0.05) is 28.0 Å². The van der Waals surface area contributed by atoms with Crippen molar-refractivity contribution in [2.24, 2.45) is 0 Å². The van der Waals surface area contributed by atoms with Crippen LogP contribution in [0.15, 0.2) is 29.1 Å². The number of hydrogen-bond acceptors (Lipinski definition) is 13. The number of hydrogen-bond donors (Lipinski definition) is 1. The molecule has 1 N–H and O–H groups in total. The number of benzene rings is 1. The fourth-order valence-corrected chi connectivity index (χ4v) is 7.21. The summed E-state index contributed by atoms with van der Waals surface area (Å²) in [6.07, 6.45) is -1.26. The molecular weight excluding hydrogens is 636 g/mol. The van der Waals surface area contributed by atoms with Crippen molar-refractivity contribution in [1.82, 2.24) is 9.55 Å². The van der Waals surface area contributed by atoms with Crippen molar-refractivity contribution in [3.05, 3.63) is 56.9 Å². The van der Waals surface area contributed by atoms with Crippen LogP contribution in [0.4, 0.5) is 9.59 Å². The smallest absolute Gasteiger partial charge is 0.457 e. The second-order valence-electron chi connectivity index (χ2n) is 11.7. The highest BCUT2D eigenvalue weighted by molar-refractivity contribution is 8.76. The summed E-state index contributed by atoms with van der Waals surface area (Å²) in [6.45, 7) is 8.97. The highest BCUT2D eigenvalue weighted by atomic mass is 33.1. The number of pyridine rings is 2. The third-order valence-electron chi connectivity index (χ3n) is 7.59. The van der Waals surface area contributed by atoms with Crippen LogP contribution in [0.5, 0.6) is 5.75 Å². The Kier molecular flexibility index (Phi) is 9.89. The van der Waals surface area contributed by atoms with Gasteiger partial charge in [-0.3, -0.25) is 4.79 Å². The highest BCUT2D eigenvalue weighted by Gasteiger charge is 2.51. The Hall–Kier alpha value is -3.75. The summed E-state index contributed by atoms with van der Waals surface area (Å²) in [5, 5.41) is 9.67. The molecule has 2 aliphatic rings. The van der Waals surface area contributed by atoms with E-state index in [-0.39, 0.29) is 49.5 Å². The summed E-state index contributed by atoms with van der Waals surface area (Å²) in [6, 6.07) is 6.79. The summed E-state index contributed by atoms with van der Waals surface area (Å²) < 4.78 is 28.6. The van der Waals surface area contributed by atoms with Crippen molar-refractivity contribution in [2.75, 3.05) is 24.7 Å². The molecule has 0 saturated carbocycles. The molecule has 12 nitrogen and oxygen atoms in total. The lowest BCUT2D eigenvalue weighted by atomic mass is 9.85. The Bertz CT molecular complexity index is 1750. The number of esters is 1. The topological polar surface area (TPSA) is 152 Å². The molecule has 0 saturated heterocycles. The van der Waals surface area contributed by atoms with Gasteiger partial charge in [0.15, 0.2) is 0 Å².